The molecule has 2 aliphatic heterocycles. The van der Waals surface area contributed by atoms with Crippen molar-refractivity contribution < 1.29 is 28.7 Å². The highest BCUT2D eigenvalue weighted by Crippen LogP contribution is 2.36. The highest BCUT2D eigenvalue weighted by Gasteiger charge is 2.39. The van der Waals surface area contributed by atoms with Crippen LogP contribution in [-0.4, -0.2) is 84.8 Å². The van der Waals surface area contributed by atoms with Gasteiger partial charge in [0.05, 0.1) is 13.2 Å². The van der Waals surface area contributed by atoms with Gasteiger partial charge in [0.25, 0.3) is 11.8 Å². The van der Waals surface area contributed by atoms with Gasteiger partial charge in [-0.15, -0.1) is 11.6 Å². The SMILES string of the molecule is CC(OCCNc1cccc2c1CN(C1CCC(=O)NC1=O)C2=O)C(=O)N(C)CCOc1ccc(/C(=C(/CCCl)c2ccccc2)c2ccccc2)cc1. The van der Waals surface area contributed by atoms with Crippen LogP contribution in [0.3, 0.4) is 0 Å². The molecule has 0 aliphatic carbocycles. The van der Waals surface area contributed by atoms with E-state index in [0.717, 1.165) is 39.9 Å². The van der Waals surface area contributed by atoms with Crippen molar-refractivity contribution in [3.05, 3.63) is 131 Å². The summed E-state index contributed by atoms with van der Waals surface area (Å²) in [5.74, 6) is 0.0522. The third-order valence-corrected chi connectivity index (χ3v) is 9.95. The summed E-state index contributed by atoms with van der Waals surface area (Å²) in [6.07, 6.45) is 0.557. The summed E-state index contributed by atoms with van der Waals surface area (Å²) in [4.78, 5) is 53.3. The third kappa shape index (κ3) is 9.01. The van der Waals surface area contributed by atoms with E-state index >= 15 is 0 Å². The van der Waals surface area contributed by atoms with E-state index in [1.54, 1.807) is 31.0 Å². The summed E-state index contributed by atoms with van der Waals surface area (Å²) in [5.41, 5.74) is 7.70. The number of hydrogen-bond donors (Lipinski definition) is 2. The number of alkyl halides is 1. The topological polar surface area (TPSA) is 117 Å². The van der Waals surface area contributed by atoms with Gasteiger partial charge in [0.15, 0.2) is 0 Å². The third-order valence-electron chi connectivity index (χ3n) is 9.76. The molecule has 54 heavy (non-hydrogen) atoms. The van der Waals surface area contributed by atoms with Gasteiger partial charge in [-0.25, -0.2) is 0 Å². The molecule has 280 valence electrons. The molecule has 2 unspecified atom stereocenters. The summed E-state index contributed by atoms with van der Waals surface area (Å²) in [6, 6.07) is 33.4. The normalized spacial score (nSPS) is 16.3. The van der Waals surface area contributed by atoms with Gasteiger partial charge < -0.3 is 24.6 Å². The van der Waals surface area contributed by atoms with Crippen molar-refractivity contribution in [2.45, 2.75) is 44.9 Å². The van der Waals surface area contributed by atoms with E-state index in [1.807, 2.05) is 54.6 Å². The first-order valence-corrected chi connectivity index (χ1v) is 18.8. The van der Waals surface area contributed by atoms with Gasteiger partial charge in [-0.3, -0.25) is 24.5 Å². The van der Waals surface area contributed by atoms with Crippen LogP contribution in [0.5, 0.6) is 5.75 Å². The molecule has 2 atom stereocenters. The van der Waals surface area contributed by atoms with E-state index in [0.29, 0.717) is 43.3 Å². The molecule has 6 rings (SSSR count). The Balaban J connectivity index is 0.981. The lowest BCUT2D eigenvalue weighted by Gasteiger charge is -2.29. The number of halogens is 1. The molecular formula is C43H45ClN4O6. The van der Waals surface area contributed by atoms with Crippen LogP contribution in [0.2, 0.25) is 0 Å². The molecule has 2 heterocycles. The van der Waals surface area contributed by atoms with Gasteiger partial charge in [-0.1, -0.05) is 78.9 Å². The van der Waals surface area contributed by atoms with Crippen molar-refractivity contribution in [3.8, 4) is 5.75 Å². The van der Waals surface area contributed by atoms with Gasteiger partial charge >= 0.3 is 0 Å². The summed E-state index contributed by atoms with van der Waals surface area (Å²) in [7, 11) is 1.73. The second-order valence-electron chi connectivity index (χ2n) is 13.3. The van der Waals surface area contributed by atoms with Crippen molar-refractivity contribution in [3.63, 3.8) is 0 Å². The molecular weight excluding hydrogens is 704 g/mol. The number of carbonyl (C=O) groups is 4. The highest BCUT2D eigenvalue weighted by molar-refractivity contribution is 6.18. The predicted molar refractivity (Wildman–Crippen MR) is 210 cm³/mol. The summed E-state index contributed by atoms with van der Waals surface area (Å²) < 4.78 is 11.9. The van der Waals surface area contributed by atoms with Crippen molar-refractivity contribution in [2.75, 3.05) is 44.5 Å². The smallest absolute Gasteiger partial charge is 0.255 e. The molecule has 1 fully saturated rings. The molecule has 4 aromatic rings. The van der Waals surface area contributed by atoms with E-state index < -0.39 is 18.1 Å². The number of imide groups is 1. The van der Waals surface area contributed by atoms with E-state index in [1.165, 1.54) is 10.5 Å². The minimum absolute atomic E-state index is 0.162. The summed E-state index contributed by atoms with van der Waals surface area (Å²) >= 11 is 6.30. The standard InChI is InChI=1S/C43H45ClN4O6/c1-29(53-26-24-45-37-15-9-14-35-36(37)28-48(43(35)52)38-20-21-39(49)46-41(38)50)42(51)47(2)25-27-54-33-18-16-32(17-19-33)40(31-12-7-4-8-13-31)34(22-23-44)30-10-5-3-6-11-30/h3-19,29,38,45H,20-28H2,1-2H3,(H,46,49,50)/b40-34-. The fraction of sp³-hybridized carbons (Fsp3) is 0.302. The van der Waals surface area contributed by atoms with Gasteiger partial charge in [0.1, 0.15) is 24.5 Å². The van der Waals surface area contributed by atoms with Crippen molar-refractivity contribution in [2.24, 2.45) is 0 Å². The number of ether oxygens (including phenoxy) is 2. The van der Waals surface area contributed by atoms with Crippen LogP contribution in [0.4, 0.5) is 5.69 Å². The molecule has 0 radical (unpaired) electrons. The molecule has 1 saturated heterocycles. The first-order chi connectivity index (χ1) is 26.2. The number of amides is 4. The van der Waals surface area contributed by atoms with E-state index in [-0.39, 0.29) is 37.3 Å². The summed E-state index contributed by atoms with van der Waals surface area (Å²) in [5, 5.41) is 5.64. The monoisotopic (exact) mass is 748 g/mol. The molecule has 0 bridgehead atoms. The Morgan fingerprint density at radius 1 is 0.907 bits per heavy atom. The average molecular weight is 749 g/mol. The number of carbonyl (C=O) groups excluding carboxylic acids is 4. The van der Waals surface area contributed by atoms with Crippen molar-refractivity contribution in [1.29, 1.82) is 0 Å². The average Bonchev–Trinajstić information content (AvgIpc) is 3.53. The molecule has 4 amide bonds. The lowest BCUT2D eigenvalue weighted by atomic mass is 9.88. The highest BCUT2D eigenvalue weighted by atomic mass is 35.5. The van der Waals surface area contributed by atoms with E-state index in [4.69, 9.17) is 21.1 Å². The van der Waals surface area contributed by atoms with Crippen molar-refractivity contribution in [1.82, 2.24) is 15.1 Å². The van der Waals surface area contributed by atoms with Crippen LogP contribution in [0.25, 0.3) is 11.1 Å². The van der Waals surface area contributed by atoms with Gasteiger partial charge in [0, 0.05) is 49.3 Å². The molecule has 0 aromatic heterocycles. The van der Waals surface area contributed by atoms with Crippen LogP contribution >= 0.6 is 11.6 Å². The Labute approximate surface area is 321 Å². The van der Waals surface area contributed by atoms with Crippen molar-refractivity contribution >= 4 is 52.1 Å². The molecule has 4 aromatic carbocycles. The number of likely N-dealkylation sites (N-methyl/N-ethyl adjacent to an activating group) is 1. The Hall–Kier alpha value is -5.45. The molecule has 0 spiro atoms. The number of rotatable bonds is 16. The maximum atomic E-state index is 13.1. The Bertz CT molecular complexity index is 1990. The quantitative estimate of drug-likeness (QED) is 0.0591. The second-order valence-corrected chi connectivity index (χ2v) is 13.7. The van der Waals surface area contributed by atoms with E-state index in [2.05, 4.69) is 47.0 Å². The minimum Gasteiger partial charge on any atom is -0.492 e. The maximum absolute atomic E-state index is 13.1. The number of fused-ring (bicyclic) bond motifs is 1. The summed E-state index contributed by atoms with van der Waals surface area (Å²) in [6.45, 7) is 3.35. The first-order valence-electron chi connectivity index (χ1n) is 18.2. The number of benzene rings is 4. The Morgan fingerprint density at radius 2 is 1.59 bits per heavy atom. The van der Waals surface area contributed by atoms with Crippen LogP contribution in [0.15, 0.2) is 103 Å². The fourth-order valence-electron chi connectivity index (χ4n) is 6.95. The minimum atomic E-state index is -0.677. The number of piperidine rings is 1. The number of hydrogen-bond acceptors (Lipinski definition) is 7. The predicted octanol–water partition coefficient (Wildman–Crippen LogP) is 6.39. The number of anilines is 1. The van der Waals surface area contributed by atoms with Crippen LogP contribution < -0.4 is 15.4 Å². The van der Waals surface area contributed by atoms with E-state index in [9.17, 15) is 19.2 Å². The number of nitrogens with zero attached hydrogens (tertiary/aromatic N) is 2. The largest absolute Gasteiger partial charge is 0.492 e. The zero-order valence-corrected chi connectivity index (χ0v) is 31.3. The number of allylic oxidation sites excluding steroid dienone is 1. The first kappa shape index (κ1) is 38.3. The molecule has 11 heteroatoms. The van der Waals surface area contributed by atoms with Crippen LogP contribution in [-0.2, 0) is 25.7 Å². The van der Waals surface area contributed by atoms with Gasteiger partial charge in [-0.05, 0) is 71.9 Å². The zero-order chi connectivity index (χ0) is 38.0. The van der Waals surface area contributed by atoms with Gasteiger partial charge in [-0.2, -0.15) is 0 Å². The number of nitrogens with one attached hydrogen (secondary N) is 2. The Kier molecular flexibility index (Phi) is 12.8. The van der Waals surface area contributed by atoms with Crippen LogP contribution in [0.1, 0.15) is 58.8 Å². The van der Waals surface area contributed by atoms with Gasteiger partial charge in [0.2, 0.25) is 11.8 Å². The zero-order valence-electron chi connectivity index (χ0n) is 30.6. The van der Waals surface area contributed by atoms with Crippen LogP contribution in [0, 0.1) is 0 Å². The lowest BCUT2D eigenvalue weighted by Crippen LogP contribution is -2.52. The molecule has 2 aliphatic rings. The lowest BCUT2D eigenvalue weighted by molar-refractivity contribution is -0.141. The fourth-order valence-corrected chi connectivity index (χ4v) is 7.14. The Morgan fingerprint density at radius 3 is 2.28 bits per heavy atom. The molecule has 10 nitrogen and oxygen atoms in total. The second kappa shape index (κ2) is 18.1. The maximum Gasteiger partial charge on any atom is 0.255 e. The molecule has 0 saturated carbocycles. The molecule has 2 N–H and O–H groups in total.